The largest absolute Gasteiger partial charge is 0.418 e. The van der Waals surface area contributed by atoms with Gasteiger partial charge in [-0.3, -0.25) is 0 Å². The van der Waals surface area contributed by atoms with Crippen LogP contribution in [0, 0.1) is 0 Å². The number of aliphatic hydroxyl groups excluding tert-OH is 1. The second-order valence-electron chi connectivity index (χ2n) is 4.19. The molecule has 0 amide bonds. The molecule has 1 aromatic rings. The van der Waals surface area contributed by atoms with E-state index in [0.717, 1.165) is 6.07 Å². The minimum atomic E-state index is -4.47. The van der Waals surface area contributed by atoms with Crippen molar-refractivity contribution in [3.8, 4) is 0 Å². The van der Waals surface area contributed by atoms with Crippen LogP contribution < -0.4 is 11.1 Å². The lowest BCUT2D eigenvalue weighted by Crippen LogP contribution is -2.31. The van der Waals surface area contributed by atoms with E-state index in [0.29, 0.717) is 5.69 Å². The first-order chi connectivity index (χ1) is 8.79. The molecule has 0 aromatic heterocycles. The highest BCUT2D eigenvalue weighted by Crippen LogP contribution is 2.35. The molecule has 2 atom stereocenters. The number of benzene rings is 1. The van der Waals surface area contributed by atoms with Crippen molar-refractivity contribution in [2.75, 3.05) is 23.9 Å². The van der Waals surface area contributed by atoms with E-state index in [1.165, 1.54) is 23.9 Å². The van der Waals surface area contributed by atoms with Gasteiger partial charge in [-0.25, -0.2) is 0 Å². The number of aliphatic hydroxyl groups is 1. The summed E-state index contributed by atoms with van der Waals surface area (Å²) >= 11 is 1.45. The first-order valence-electron chi connectivity index (χ1n) is 5.66. The number of thioether (sulfide) groups is 1. The van der Waals surface area contributed by atoms with E-state index in [9.17, 15) is 13.2 Å². The maximum absolute atomic E-state index is 12.7. The second-order valence-corrected chi connectivity index (χ2v) is 5.27. The molecular weight excluding hydrogens is 277 g/mol. The predicted molar refractivity (Wildman–Crippen MR) is 73.3 cm³/mol. The first-order valence-corrected chi connectivity index (χ1v) is 6.95. The van der Waals surface area contributed by atoms with Gasteiger partial charge in [0.05, 0.1) is 12.2 Å². The Morgan fingerprint density at radius 3 is 2.53 bits per heavy atom. The van der Waals surface area contributed by atoms with Crippen LogP contribution in [-0.2, 0) is 6.18 Å². The summed E-state index contributed by atoms with van der Waals surface area (Å²) < 4.78 is 38.1. The quantitative estimate of drug-likeness (QED) is 0.731. The van der Waals surface area contributed by atoms with E-state index in [4.69, 9.17) is 10.8 Å². The maximum Gasteiger partial charge on any atom is 0.418 e. The Kier molecular flexibility index (Phi) is 5.37. The van der Waals surface area contributed by atoms with Gasteiger partial charge in [0.2, 0.25) is 0 Å². The highest BCUT2D eigenvalue weighted by Gasteiger charge is 2.33. The van der Waals surface area contributed by atoms with E-state index in [2.05, 4.69) is 5.32 Å². The molecule has 19 heavy (non-hydrogen) atoms. The first kappa shape index (κ1) is 16.0. The minimum Gasteiger partial charge on any atom is -0.398 e. The van der Waals surface area contributed by atoms with Gasteiger partial charge in [0.15, 0.2) is 0 Å². The Balaban J connectivity index is 2.91. The topological polar surface area (TPSA) is 58.3 Å². The predicted octanol–water partition coefficient (Wildman–Crippen LogP) is 2.81. The SMILES string of the molecule is CSC(CO)C(C)Nc1ccc(N)c(C(F)(F)F)c1. The molecule has 108 valence electrons. The van der Waals surface area contributed by atoms with Crippen molar-refractivity contribution in [1.82, 2.24) is 0 Å². The molecule has 0 aliphatic carbocycles. The molecule has 0 heterocycles. The molecule has 2 unspecified atom stereocenters. The molecule has 3 nitrogen and oxygen atoms in total. The third-order valence-corrected chi connectivity index (χ3v) is 3.96. The molecule has 0 radical (unpaired) electrons. The summed E-state index contributed by atoms with van der Waals surface area (Å²) in [6, 6.07) is 3.55. The summed E-state index contributed by atoms with van der Waals surface area (Å²) in [4.78, 5) is 0. The Morgan fingerprint density at radius 1 is 1.42 bits per heavy atom. The number of nitrogen functional groups attached to an aromatic ring is 1. The normalized spacial score (nSPS) is 15.1. The van der Waals surface area contributed by atoms with E-state index in [1.807, 2.05) is 6.26 Å². The van der Waals surface area contributed by atoms with E-state index in [1.54, 1.807) is 6.92 Å². The zero-order valence-corrected chi connectivity index (χ0v) is 11.5. The van der Waals surface area contributed by atoms with Crippen molar-refractivity contribution in [1.29, 1.82) is 0 Å². The van der Waals surface area contributed by atoms with Crippen LogP contribution in [0.2, 0.25) is 0 Å². The number of hydrogen-bond acceptors (Lipinski definition) is 4. The zero-order valence-electron chi connectivity index (χ0n) is 10.7. The number of hydrogen-bond donors (Lipinski definition) is 3. The van der Waals surface area contributed by atoms with Gasteiger partial charge in [-0.2, -0.15) is 24.9 Å². The number of alkyl halides is 3. The van der Waals surface area contributed by atoms with Gasteiger partial charge in [-0.15, -0.1) is 0 Å². The van der Waals surface area contributed by atoms with E-state index < -0.39 is 11.7 Å². The van der Waals surface area contributed by atoms with Gasteiger partial charge in [-0.1, -0.05) is 0 Å². The molecule has 0 saturated heterocycles. The number of nitrogens with two attached hydrogens (primary N) is 1. The number of halogens is 3. The van der Waals surface area contributed by atoms with Gasteiger partial charge in [0.1, 0.15) is 0 Å². The third kappa shape index (κ3) is 4.21. The van der Waals surface area contributed by atoms with E-state index >= 15 is 0 Å². The molecular formula is C12H17F3N2OS. The lowest BCUT2D eigenvalue weighted by atomic mass is 10.1. The van der Waals surface area contributed by atoms with Gasteiger partial charge < -0.3 is 16.2 Å². The molecule has 7 heteroatoms. The Hall–Kier alpha value is -1.08. The van der Waals surface area contributed by atoms with Crippen molar-refractivity contribution in [3.05, 3.63) is 23.8 Å². The van der Waals surface area contributed by atoms with Crippen LogP contribution in [0.15, 0.2) is 18.2 Å². The highest BCUT2D eigenvalue weighted by molar-refractivity contribution is 7.99. The van der Waals surface area contributed by atoms with Crippen molar-refractivity contribution < 1.29 is 18.3 Å². The van der Waals surface area contributed by atoms with Crippen LogP contribution in [0.4, 0.5) is 24.5 Å². The molecule has 0 aliphatic heterocycles. The second kappa shape index (κ2) is 6.38. The molecule has 1 aromatic carbocycles. The lowest BCUT2D eigenvalue weighted by molar-refractivity contribution is -0.136. The van der Waals surface area contributed by atoms with Crippen LogP contribution >= 0.6 is 11.8 Å². The zero-order chi connectivity index (χ0) is 14.6. The van der Waals surface area contributed by atoms with Gasteiger partial charge in [0, 0.05) is 22.7 Å². The Morgan fingerprint density at radius 2 is 2.05 bits per heavy atom. The van der Waals surface area contributed by atoms with Crippen LogP contribution in [0.5, 0.6) is 0 Å². The van der Waals surface area contributed by atoms with E-state index in [-0.39, 0.29) is 23.6 Å². The lowest BCUT2D eigenvalue weighted by Gasteiger charge is -2.23. The molecule has 0 aliphatic rings. The summed E-state index contributed by atoms with van der Waals surface area (Å²) in [7, 11) is 0. The fourth-order valence-corrected chi connectivity index (χ4v) is 2.31. The molecule has 4 N–H and O–H groups in total. The standard InChI is InChI=1S/C12H17F3N2OS/c1-7(11(6-18)19-2)17-8-3-4-10(16)9(5-8)12(13,14)15/h3-5,7,11,17-18H,6,16H2,1-2H3. The van der Waals surface area contributed by atoms with Crippen LogP contribution in [0.3, 0.4) is 0 Å². The summed E-state index contributed by atoms with van der Waals surface area (Å²) in [5.41, 5.74) is 4.51. The number of rotatable bonds is 5. The fourth-order valence-electron chi connectivity index (χ4n) is 1.68. The van der Waals surface area contributed by atoms with Gasteiger partial charge >= 0.3 is 6.18 Å². The average molecular weight is 294 g/mol. The van der Waals surface area contributed by atoms with Crippen LogP contribution in [0.25, 0.3) is 0 Å². The van der Waals surface area contributed by atoms with Crippen LogP contribution in [-0.4, -0.2) is 29.3 Å². The van der Waals surface area contributed by atoms with Crippen molar-refractivity contribution in [2.45, 2.75) is 24.4 Å². The Bertz CT molecular complexity index is 422. The summed E-state index contributed by atoms with van der Waals surface area (Å²) in [6.45, 7) is 1.76. The third-order valence-electron chi connectivity index (χ3n) is 2.79. The summed E-state index contributed by atoms with van der Waals surface area (Å²) in [5.74, 6) is 0. The number of nitrogens with one attached hydrogen (secondary N) is 1. The van der Waals surface area contributed by atoms with Gasteiger partial charge in [-0.05, 0) is 31.4 Å². The Labute approximate surface area is 114 Å². The van der Waals surface area contributed by atoms with Gasteiger partial charge in [0.25, 0.3) is 0 Å². The van der Waals surface area contributed by atoms with Crippen molar-refractivity contribution in [2.24, 2.45) is 0 Å². The minimum absolute atomic E-state index is 0.0452. The smallest absolute Gasteiger partial charge is 0.398 e. The summed E-state index contributed by atoms with van der Waals surface area (Å²) in [5, 5.41) is 12.0. The highest BCUT2D eigenvalue weighted by atomic mass is 32.2. The van der Waals surface area contributed by atoms with Crippen molar-refractivity contribution >= 4 is 23.1 Å². The molecule has 0 saturated carbocycles. The molecule has 0 fully saturated rings. The summed E-state index contributed by atoms with van der Waals surface area (Å²) in [6.07, 6.45) is -2.63. The average Bonchev–Trinajstić information content (AvgIpc) is 2.31. The molecule has 1 rings (SSSR count). The number of anilines is 2. The van der Waals surface area contributed by atoms with Crippen LogP contribution in [0.1, 0.15) is 12.5 Å². The monoisotopic (exact) mass is 294 g/mol. The molecule has 0 bridgehead atoms. The van der Waals surface area contributed by atoms with Crippen molar-refractivity contribution in [3.63, 3.8) is 0 Å². The molecule has 0 spiro atoms. The fraction of sp³-hybridized carbons (Fsp3) is 0.500. The maximum atomic E-state index is 12.7.